The molecule has 2 aromatic carbocycles. The number of benzene rings is 2. The van der Waals surface area contributed by atoms with E-state index in [1.54, 1.807) is 37.3 Å². The van der Waals surface area contributed by atoms with E-state index >= 15 is 0 Å². The van der Waals surface area contributed by atoms with Crippen molar-refractivity contribution in [3.63, 3.8) is 0 Å². The van der Waals surface area contributed by atoms with Crippen LogP contribution < -0.4 is 15.1 Å². The van der Waals surface area contributed by atoms with Crippen molar-refractivity contribution < 1.29 is 28.2 Å². The number of aryl methyl sites for hydroxylation is 2. The highest BCUT2D eigenvalue weighted by molar-refractivity contribution is 5.92. The Morgan fingerprint density at radius 2 is 1.81 bits per heavy atom. The van der Waals surface area contributed by atoms with Gasteiger partial charge in [0, 0.05) is 23.9 Å². The molecule has 162 valence electrons. The van der Waals surface area contributed by atoms with Gasteiger partial charge in [0.15, 0.2) is 0 Å². The lowest BCUT2D eigenvalue weighted by molar-refractivity contribution is -0.143. The van der Waals surface area contributed by atoms with E-state index in [0.29, 0.717) is 40.9 Å². The minimum Gasteiger partial charge on any atom is -0.497 e. The summed E-state index contributed by atoms with van der Waals surface area (Å²) in [7, 11) is 1.54. The van der Waals surface area contributed by atoms with Crippen molar-refractivity contribution >= 4 is 22.9 Å². The van der Waals surface area contributed by atoms with E-state index in [-0.39, 0.29) is 18.1 Å². The van der Waals surface area contributed by atoms with Gasteiger partial charge in [-0.1, -0.05) is 6.92 Å². The van der Waals surface area contributed by atoms with Gasteiger partial charge in [0.05, 0.1) is 19.3 Å². The molecule has 0 aliphatic rings. The maximum Gasteiger partial charge on any atom is 0.343 e. The summed E-state index contributed by atoms with van der Waals surface area (Å²) >= 11 is 0. The van der Waals surface area contributed by atoms with Gasteiger partial charge < -0.3 is 18.6 Å². The van der Waals surface area contributed by atoms with Crippen molar-refractivity contribution in [3.8, 4) is 11.5 Å². The largest absolute Gasteiger partial charge is 0.497 e. The van der Waals surface area contributed by atoms with E-state index in [0.717, 1.165) is 12.0 Å². The van der Waals surface area contributed by atoms with Gasteiger partial charge in [0.25, 0.3) is 0 Å². The molecule has 0 aliphatic carbocycles. The van der Waals surface area contributed by atoms with Gasteiger partial charge in [0.2, 0.25) is 0 Å². The van der Waals surface area contributed by atoms with E-state index in [1.807, 2.05) is 6.92 Å². The van der Waals surface area contributed by atoms with E-state index in [2.05, 4.69) is 0 Å². The fraction of sp³-hybridized carbons (Fsp3) is 0.292. The van der Waals surface area contributed by atoms with Crippen LogP contribution >= 0.6 is 0 Å². The van der Waals surface area contributed by atoms with Crippen molar-refractivity contribution in [2.24, 2.45) is 0 Å². The highest BCUT2D eigenvalue weighted by Gasteiger charge is 2.16. The third-order valence-electron chi connectivity index (χ3n) is 4.73. The smallest absolute Gasteiger partial charge is 0.343 e. The monoisotopic (exact) mass is 424 g/mol. The number of hydrogen-bond donors (Lipinski definition) is 0. The second kappa shape index (κ2) is 9.93. The van der Waals surface area contributed by atoms with Gasteiger partial charge in [-0.15, -0.1) is 0 Å². The molecule has 1 aromatic heterocycles. The number of carbonyl (C=O) groups excluding carboxylic acids is 2. The molecule has 0 bridgehead atoms. The molecule has 0 saturated heterocycles. The van der Waals surface area contributed by atoms with Gasteiger partial charge in [0.1, 0.15) is 17.1 Å². The Labute approximate surface area is 179 Å². The zero-order valence-electron chi connectivity index (χ0n) is 17.7. The molecule has 31 heavy (non-hydrogen) atoms. The van der Waals surface area contributed by atoms with Crippen molar-refractivity contribution in [1.29, 1.82) is 0 Å². The zero-order valence-corrected chi connectivity index (χ0v) is 17.7. The Morgan fingerprint density at radius 1 is 1.06 bits per heavy atom. The molecule has 0 atom stereocenters. The number of esters is 2. The van der Waals surface area contributed by atoms with E-state index in [4.69, 9.17) is 18.6 Å². The Bertz CT molecular complexity index is 1140. The summed E-state index contributed by atoms with van der Waals surface area (Å²) in [6, 6.07) is 11.2. The average molecular weight is 424 g/mol. The Hall–Kier alpha value is -3.61. The number of rotatable bonds is 8. The number of ether oxygens (including phenoxy) is 3. The Balaban J connectivity index is 1.93. The first kappa shape index (κ1) is 22.1. The summed E-state index contributed by atoms with van der Waals surface area (Å²) in [4.78, 5) is 36.4. The lowest BCUT2D eigenvalue weighted by Gasteiger charge is -2.12. The minimum atomic E-state index is -0.577. The molecule has 3 aromatic rings. The van der Waals surface area contributed by atoms with Gasteiger partial charge >= 0.3 is 17.6 Å². The number of fused-ring (bicyclic) bond motifs is 1. The number of methoxy groups -OCH3 is 1. The molecule has 7 nitrogen and oxygen atoms in total. The average Bonchev–Trinajstić information content (AvgIpc) is 2.76. The van der Waals surface area contributed by atoms with Crippen molar-refractivity contribution in [3.05, 3.63) is 69.6 Å². The first-order valence-corrected chi connectivity index (χ1v) is 10.0. The van der Waals surface area contributed by atoms with Crippen molar-refractivity contribution in [2.75, 3.05) is 13.7 Å². The Morgan fingerprint density at radius 3 is 2.48 bits per heavy atom. The van der Waals surface area contributed by atoms with Crippen LogP contribution in [0.4, 0.5) is 0 Å². The highest BCUT2D eigenvalue weighted by Crippen LogP contribution is 2.29. The van der Waals surface area contributed by atoms with Crippen LogP contribution in [0.3, 0.4) is 0 Å². The van der Waals surface area contributed by atoms with E-state index in [1.165, 1.54) is 19.2 Å². The van der Waals surface area contributed by atoms with Crippen LogP contribution in [0.5, 0.6) is 11.5 Å². The summed E-state index contributed by atoms with van der Waals surface area (Å²) in [6.07, 6.45) is 1.18. The maximum absolute atomic E-state index is 12.7. The third-order valence-corrected chi connectivity index (χ3v) is 4.73. The topological polar surface area (TPSA) is 92.0 Å². The van der Waals surface area contributed by atoms with Crippen LogP contribution in [0.1, 0.15) is 41.3 Å². The summed E-state index contributed by atoms with van der Waals surface area (Å²) in [5.41, 5.74) is 1.52. The summed E-state index contributed by atoms with van der Waals surface area (Å²) in [6.45, 7) is 4.08. The van der Waals surface area contributed by atoms with E-state index in [9.17, 15) is 14.4 Å². The summed E-state index contributed by atoms with van der Waals surface area (Å²) in [5, 5.41) is 0.709. The molecule has 0 unspecified atom stereocenters. The second-order valence-corrected chi connectivity index (χ2v) is 7.04. The molecule has 3 rings (SSSR count). The standard InChI is InChI=1S/C24H24O7/c1-4-11-29-22(25)10-7-17-13-19-15(2)12-23(26)30-21(19)14-20(17)31-24(27)16-5-8-18(28-3)9-6-16/h5-6,8-9,12-14H,4,7,10-11H2,1-3H3. The van der Waals surface area contributed by atoms with Gasteiger partial charge in [-0.25, -0.2) is 9.59 Å². The highest BCUT2D eigenvalue weighted by atomic mass is 16.5. The molecule has 1 heterocycles. The van der Waals surface area contributed by atoms with Crippen LogP contribution in [0.15, 0.2) is 51.7 Å². The molecule has 0 spiro atoms. The van der Waals surface area contributed by atoms with Crippen molar-refractivity contribution in [2.45, 2.75) is 33.1 Å². The molecule has 0 amide bonds. The van der Waals surface area contributed by atoms with Gasteiger partial charge in [-0.3, -0.25) is 4.79 Å². The fourth-order valence-corrected chi connectivity index (χ4v) is 3.09. The van der Waals surface area contributed by atoms with Crippen LogP contribution in [0.2, 0.25) is 0 Å². The second-order valence-electron chi connectivity index (χ2n) is 7.04. The lowest BCUT2D eigenvalue weighted by Crippen LogP contribution is -2.11. The van der Waals surface area contributed by atoms with Crippen LogP contribution in [0.25, 0.3) is 11.0 Å². The molecule has 0 aliphatic heterocycles. The Kier molecular flexibility index (Phi) is 7.07. The predicted molar refractivity (Wildman–Crippen MR) is 115 cm³/mol. The number of hydrogen-bond acceptors (Lipinski definition) is 7. The molecule has 0 radical (unpaired) electrons. The minimum absolute atomic E-state index is 0.133. The fourth-order valence-electron chi connectivity index (χ4n) is 3.09. The van der Waals surface area contributed by atoms with E-state index < -0.39 is 11.6 Å². The molecule has 0 fully saturated rings. The first-order valence-electron chi connectivity index (χ1n) is 10.0. The molecular formula is C24H24O7. The maximum atomic E-state index is 12.7. The molecule has 0 saturated carbocycles. The van der Waals surface area contributed by atoms with Crippen molar-refractivity contribution in [1.82, 2.24) is 0 Å². The van der Waals surface area contributed by atoms with Gasteiger partial charge in [-0.05, 0) is 61.2 Å². The predicted octanol–water partition coefficient (Wildman–Crippen LogP) is 4.22. The molecule has 0 N–H and O–H groups in total. The summed E-state index contributed by atoms with van der Waals surface area (Å²) < 4.78 is 21.1. The normalized spacial score (nSPS) is 10.7. The van der Waals surface area contributed by atoms with Gasteiger partial charge in [-0.2, -0.15) is 0 Å². The quantitative estimate of drug-likeness (QED) is 0.304. The third kappa shape index (κ3) is 5.51. The van der Waals surface area contributed by atoms with Crippen LogP contribution in [-0.4, -0.2) is 25.7 Å². The molecular weight excluding hydrogens is 400 g/mol. The lowest BCUT2D eigenvalue weighted by atomic mass is 10.0. The zero-order chi connectivity index (χ0) is 22.4. The van der Waals surface area contributed by atoms with Crippen LogP contribution in [-0.2, 0) is 16.0 Å². The number of carbonyl (C=O) groups is 2. The SMILES string of the molecule is CCCOC(=O)CCc1cc2c(C)cc(=O)oc2cc1OC(=O)c1ccc(OC)cc1. The summed E-state index contributed by atoms with van der Waals surface area (Å²) in [5.74, 6) is -0.0614. The molecule has 7 heteroatoms. The first-order chi connectivity index (χ1) is 14.9. The van der Waals surface area contributed by atoms with Crippen LogP contribution in [0, 0.1) is 6.92 Å².